The molecule has 1 heterocycles. The second-order valence-electron chi connectivity index (χ2n) is 4.01. The number of carbonyl (C=O) groups excluding carboxylic acids is 1. The fourth-order valence-electron chi connectivity index (χ4n) is 1.57. The van der Waals surface area contributed by atoms with E-state index in [-0.39, 0.29) is 18.5 Å². The molecule has 5 nitrogen and oxygen atoms in total. The van der Waals surface area contributed by atoms with Gasteiger partial charge in [0.25, 0.3) is 0 Å². The van der Waals surface area contributed by atoms with Gasteiger partial charge in [-0.3, -0.25) is 9.48 Å². The van der Waals surface area contributed by atoms with Crippen LogP contribution in [0.15, 0.2) is 12.4 Å². The normalized spacial score (nSPS) is 12.4. The first-order valence-corrected chi connectivity index (χ1v) is 5.66. The standard InChI is InChI=1S/C11H20N4O/c1-3-4-9(2)14-11(16)8-15-7-10(5-12)6-13-15/h6-7,9H,3-5,8,12H2,1-2H3,(H,14,16). The van der Waals surface area contributed by atoms with Gasteiger partial charge in [0.05, 0.1) is 6.20 Å². The maximum absolute atomic E-state index is 11.6. The van der Waals surface area contributed by atoms with Crippen LogP contribution in [0.3, 0.4) is 0 Å². The van der Waals surface area contributed by atoms with E-state index in [1.165, 1.54) is 0 Å². The molecule has 0 saturated heterocycles. The van der Waals surface area contributed by atoms with Gasteiger partial charge in [-0.05, 0) is 13.3 Å². The van der Waals surface area contributed by atoms with Crippen molar-refractivity contribution in [2.75, 3.05) is 0 Å². The maximum atomic E-state index is 11.6. The highest BCUT2D eigenvalue weighted by Crippen LogP contribution is 1.97. The molecule has 0 bridgehead atoms. The van der Waals surface area contributed by atoms with E-state index in [0.717, 1.165) is 18.4 Å². The van der Waals surface area contributed by atoms with Crippen molar-refractivity contribution in [3.05, 3.63) is 18.0 Å². The maximum Gasteiger partial charge on any atom is 0.241 e. The van der Waals surface area contributed by atoms with Crippen molar-refractivity contribution >= 4 is 5.91 Å². The van der Waals surface area contributed by atoms with Crippen LogP contribution in [0.1, 0.15) is 32.3 Å². The number of amides is 1. The van der Waals surface area contributed by atoms with Gasteiger partial charge in [-0.15, -0.1) is 0 Å². The molecule has 1 rings (SSSR count). The molecule has 0 aliphatic heterocycles. The number of nitrogens with one attached hydrogen (secondary N) is 1. The number of nitrogens with two attached hydrogens (primary N) is 1. The van der Waals surface area contributed by atoms with Crippen molar-refractivity contribution in [3.8, 4) is 0 Å². The van der Waals surface area contributed by atoms with E-state index in [0.29, 0.717) is 6.54 Å². The molecule has 16 heavy (non-hydrogen) atoms. The lowest BCUT2D eigenvalue weighted by atomic mass is 10.2. The molecular weight excluding hydrogens is 204 g/mol. The molecule has 0 spiro atoms. The van der Waals surface area contributed by atoms with E-state index >= 15 is 0 Å². The fraction of sp³-hybridized carbons (Fsp3) is 0.636. The molecule has 1 atom stereocenters. The second-order valence-corrected chi connectivity index (χ2v) is 4.01. The van der Waals surface area contributed by atoms with Crippen LogP contribution in [0.5, 0.6) is 0 Å². The van der Waals surface area contributed by atoms with Crippen molar-refractivity contribution in [3.63, 3.8) is 0 Å². The predicted octanol–water partition coefficient (Wildman–Crippen LogP) is 0.647. The smallest absolute Gasteiger partial charge is 0.241 e. The minimum atomic E-state index is -0.00683. The van der Waals surface area contributed by atoms with E-state index in [2.05, 4.69) is 17.3 Å². The Bertz CT molecular complexity index is 334. The largest absolute Gasteiger partial charge is 0.352 e. The summed E-state index contributed by atoms with van der Waals surface area (Å²) >= 11 is 0. The van der Waals surface area contributed by atoms with E-state index < -0.39 is 0 Å². The van der Waals surface area contributed by atoms with Gasteiger partial charge in [0.1, 0.15) is 6.54 Å². The molecule has 1 aromatic rings. The molecule has 1 amide bonds. The van der Waals surface area contributed by atoms with Crippen LogP contribution in [0.25, 0.3) is 0 Å². The lowest BCUT2D eigenvalue weighted by Crippen LogP contribution is -2.35. The summed E-state index contributed by atoms with van der Waals surface area (Å²) in [5.74, 6) is -0.00683. The minimum absolute atomic E-state index is 0.00683. The van der Waals surface area contributed by atoms with Crippen molar-refractivity contribution in [2.45, 2.75) is 45.8 Å². The number of nitrogens with zero attached hydrogens (tertiary/aromatic N) is 2. The number of hydrogen-bond acceptors (Lipinski definition) is 3. The third kappa shape index (κ3) is 4.02. The van der Waals surface area contributed by atoms with E-state index in [1.54, 1.807) is 17.1 Å². The third-order valence-corrected chi connectivity index (χ3v) is 2.36. The van der Waals surface area contributed by atoms with Crippen LogP contribution in [-0.2, 0) is 17.9 Å². The molecule has 1 unspecified atom stereocenters. The van der Waals surface area contributed by atoms with Crippen LogP contribution in [0, 0.1) is 0 Å². The van der Waals surface area contributed by atoms with Gasteiger partial charge in [0, 0.05) is 24.3 Å². The molecule has 1 aromatic heterocycles. The molecule has 3 N–H and O–H groups in total. The Morgan fingerprint density at radius 2 is 2.44 bits per heavy atom. The highest BCUT2D eigenvalue weighted by Gasteiger charge is 2.07. The Hall–Kier alpha value is -1.36. The Labute approximate surface area is 96.0 Å². The second kappa shape index (κ2) is 6.27. The van der Waals surface area contributed by atoms with Gasteiger partial charge in [0.2, 0.25) is 5.91 Å². The van der Waals surface area contributed by atoms with Crippen LogP contribution in [0.4, 0.5) is 0 Å². The first-order valence-electron chi connectivity index (χ1n) is 5.66. The molecule has 90 valence electrons. The van der Waals surface area contributed by atoms with Gasteiger partial charge in [-0.2, -0.15) is 5.10 Å². The molecule has 0 fully saturated rings. The zero-order chi connectivity index (χ0) is 12.0. The number of rotatable bonds is 6. The zero-order valence-corrected chi connectivity index (χ0v) is 9.94. The fourth-order valence-corrected chi connectivity index (χ4v) is 1.57. The summed E-state index contributed by atoms with van der Waals surface area (Å²) in [6.07, 6.45) is 5.55. The summed E-state index contributed by atoms with van der Waals surface area (Å²) in [5, 5.41) is 6.98. The molecule has 0 radical (unpaired) electrons. The monoisotopic (exact) mass is 224 g/mol. The molecule has 5 heteroatoms. The zero-order valence-electron chi connectivity index (χ0n) is 9.94. The summed E-state index contributed by atoms with van der Waals surface area (Å²) in [7, 11) is 0. The van der Waals surface area contributed by atoms with E-state index in [4.69, 9.17) is 5.73 Å². The van der Waals surface area contributed by atoms with Crippen LogP contribution >= 0.6 is 0 Å². The molecule has 0 aliphatic carbocycles. The quantitative estimate of drug-likeness (QED) is 0.745. The molecule has 0 saturated carbocycles. The topological polar surface area (TPSA) is 72.9 Å². The Balaban J connectivity index is 2.39. The average Bonchev–Trinajstić information content (AvgIpc) is 2.65. The van der Waals surface area contributed by atoms with Crippen LogP contribution in [-0.4, -0.2) is 21.7 Å². The molecule has 0 aliphatic rings. The van der Waals surface area contributed by atoms with Gasteiger partial charge in [0.15, 0.2) is 0 Å². The van der Waals surface area contributed by atoms with Gasteiger partial charge >= 0.3 is 0 Å². The first kappa shape index (κ1) is 12.7. The molecular formula is C11H20N4O. The van der Waals surface area contributed by atoms with Crippen molar-refractivity contribution in [1.29, 1.82) is 0 Å². The van der Waals surface area contributed by atoms with Crippen molar-refractivity contribution < 1.29 is 4.79 Å². The van der Waals surface area contributed by atoms with E-state index in [1.807, 2.05) is 6.92 Å². The first-order chi connectivity index (χ1) is 7.65. The Morgan fingerprint density at radius 3 is 3.00 bits per heavy atom. The van der Waals surface area contributed by atoms with Crippen molar-refractivity contribution in [2.24, 2.45) is 5.73 Å². The van der Waals surface area contributed by atoms with E-state index in [9.17, 15) is 4.79 Å². The number of carbonyl (C=O) groups is 1. The summed E-state index contributed by atoms with van der Waals surface area (Å²) in [6.45, 7) is 4.82. The van der Waals surface area contributed by atoms with Crippen LogP contribution in [0.2, 0.25) is 0 Å². The lowest BCUT2D eigenvalue weighted by Gasteiger charge is -2.12. The summed E-state index contributed by atoms with van der Waals surface area (Å²) in [4.78, 5) is 11.6. The van der Waals surface area contributed by atoms with Crippen molar-refractivity contribution in [1.82, 2.24) is 15.1 Å². The lowest BCUT2D eigenvalue weighted by molar-refractivity contribution is -0.122. The Morgan fingerprint density at radius 1 is 1.69 bits per heavy atom. The highest BCUT2D eigenvalue weighted by atomic mass is 16.2. The van der Waals surface area contributed by atoms with Gasteiger partial charge in [-0.1, -0.05) is 13.3 Å². The van der Waals surface area contributed by atoms with Crippen LogP contribution < -0.4 is 11.1 Å². The third-order valence-electron chi connectivity index (χ3n) is 2.36. The van der Waals surface area contributed by atoms with Gasteiger partial charge < -0.3 is 11.1 Å². The summed E-state index contributed by atoms with van der Waals surface area (Å²) in [6, 6.07) is 0.224. The average molecular weight is 224 g/mol. The molecule has 0 aromatic carbocycles. The SMILES string of the molecule is CCCC(C)NC(=O)Cn1cc(CN)cn1. The predicted molar refractivity (Wildman–Crippen MR) is 62.6 cm³/mol. The minimum Gasteiger partial charge on any atom is -0.352 e. The number of hydrogen-bond donors (Lipinski definition) is 2. The number of aromatic nitrogens is 2. The Kier molecular flexibility index (Phi) is 4.98. The highest BCUT2D eigenvalue weighted by molar-refractivity contribution is 5.75. The van der Waals surface area contributed by atoms with Gasteiger partial charge in [-0.25, -0.2) is 0 Å². The summed E-state index contributed by atoms with van der Waals surface area (Å²) < 4.78 is 1.61. The summed E-state index contributed by atoms with van der Waals surface area (Å²) in [5.41, 5.74) is 6.40.